The van der Waals surface area contributed by atoms with Gasteiger partial charge < -0.3 is 86.2 Å². The number of aromatic hydroxyl groups is 8. The van der Waals surface area contributed by atoms with Gasteiger partial charge in [-0.05, 0) is 219 Å². The quantitative estimate of drug-likeness (QED) is 0.00321. The standard InChI is InChI=1S/C26H28Br2O5.C26H28I2O5.C26H32N2O5.C24H28N2O6/c3*1-3-5-7-9-22-24(25(31)16-11-19(27)26(32)20(28)12-16)18-14-21(30)15(13-23(18)33-22)10-17(29)8-6-4-2;1-3-5-7-18-22(23(29)13-9-15(25)24(30)16(26)10-13)14-11-17(27)20(12-19(14)31-18)32-21(28)8-6-4-2/h2*11-14,30,32H,3-10H2,1-2H3;11-14,30,32H,3-10,27-28H2,1-2H3;9-12,27,30H,3-8,25-26H2,1-2H3. The number of phenolic OH excluding ortho intramolecular Hbond substituents is 8. The van der Waals surface area contributed by atoms with Gasteiger partial charge in [0.1, 0.15) is 91.5 Å². The molecule has 4 heterocycles. The molecule has 12 rings (SSSR count). The van der Waals surface area contributed by atoms with Gasteiger partial charge in [0, 0.05) is 137 Å². The summed E-state index contributed by atoms with van der Waals surface area (Å²) in [5, 5.41) is 84.2. The summed E-state index contributed by atoms with van der Waals surface area (Å²) in [6, 6.07) is 24.3. The number of unbranched alkanes of at least 4 members (excludes halogenated alkanes) is 11. The van der Waals surface area contributed by atoms with E-state index in [-0.39, 0.29) is 152 Å². The zero-order chi connectivity index (χ0) is 95.8. The van der Waals surface area contributed by atoms with Crippen LogP contribution >= 0.6 is 77.0 Å². The number of carbonyl (C=O) groups is 8. The summed E-state index contributed by atoms with van der Waals surface area (Å²) in [5.74, 6) is -0.0966. The Hall–Kier alpha value is -10.9. The molecule has 0 aliphatic carbocycles. The van der Waals surface area contributed by atoms with E-state index >= 15 is 0 Å². The maximum absolute atomic E-state index is 13.6. The van der Waals surface area contributed by atoms with Crippen molar-refractivity contribution in [2.45, 2.75) is 248 Å². The summed E-state index contributed by atoms with van der Waals surface area (Å²) < 4.78 is 31.5. The van der Waals surface area contributed by atoms with E-state index < -0.39 is 11.8 Å². The number of halogens is 4. The molecule has 0 unspecified atom stereocenters. The SMILES string of the molecule is CCCCC(=O)Oc1cc2oc(CCCC)c(C(=O)c3cc(N)c(O)c(N)c3)c2cc1O.CCCCCc1oc2cc(CC(=O)CCCC)c(O)cc2c1C(=O)c1cc(Br)c(O)c(Br)c1.CCCCCc1oc2cc(CC(=O)CCCC)c(O)cc2c1C(=O)c1cc(I)c(O)c(I)c1.CCCCCc1oc2cc(CC(=O)CCCC)c(O)cc2c1C(=O)c1cc(N)c(O)c(N)c1. The second-order valence-corrected chi connectivity index (χ2v) is 36.8. The first-order valence-corrected chi connectivity index (χ1v) is 48.5. The number of aryl methyl sites for hydroxylation is 4. The average Bonchev–Trinajstić information content (AvgIpc) is 1.63. The molecular weight excluding hydrogens is 2030 g/mol. The van der Waals surface area contributed by atoms with Crippen molar-refractivity contribution in [3.63, 3.8) is 0 Å². The monoisotopic (exact) mass is 2140 g/mol. The summed E-state index contributed by atoms with van der Waals surface area (Å²) >= 11 is 10.6. The van der Waals surface area contributed by atoms with E-state index in [1.54, 1.807) is 48.5 Å². The van der Waals surface area contributed by atoms with Gasteiger partial charge in [-0.25, -0.2) is 0 Å². The summed E-state index contributed by atoms with van der Waals surface area (Å²) in [6.45, 7) is 16.4. The van der Waals surface area contributed by atoms with Gasteiger partial charge in [-0.1, -0.05) is 126 Å². The average molecular weight is 2150 g/mol. The van der Waals surface area contributed by atoms with E-state index in [1.165, 1.54) is 48.5 Å². The number of ketones is 7. The first-order valence-electron chi connectivity index (χ1n) is 44.7. The van der Waals surface area contributed by atoms with Gasteiger partial charge >= 0.3 is 5.97 Å². The van der Waals surface area contributed by atoms with E-state index in [9.17, 15) is 79.2 Å². The number of carbonyl (C=O) groups excluding carboxylic acids is 8. The topological polar surface area (TPSA) is 464 Å². The van der Waals surface area contributed by atoms with Gasteiger partial charge in [-0.3, -0.25) is 38.4 Å². The number of phenols is 8. The van der Waals surface area contributed by atoms with Crippen LogP contribution in [0, 0.1) is 7.14 Å². The molecule has 131 heavy (non-hydrogen) atoms. The van der Waals surface area contributed by atoms with Crippen molar-refractivity contribution < 1.29 is 102 Å². The molecule has 4 aromatic heterocycles. The summed E-state index contributed by atoms with van der Waals surface area (Å²) in [7, 11) is 0. The Morgan fingerprint density at radius 1 is 0.313 bits per heavy atom. The number of fused-ring (bicyclic) bond motifs is 4. The molecule has 0 saturated carbocycles. The van der Waals surface area contributed by atoms with E-state index in [1.807, 2.05) is 79.8 Å². The number of hydrogen-bond acceptors (Lipinski definition) is 25. The Morgan fingerprint density at radius 3 is 0.885 bits per heavy atom. The number of anilines is 4. The number of esters is 1. The van der Waals surface area contributed by atoms with Gasteiger partial charge in [0.15, 0.2) is 46.1 Å². The van der Waals surface area contributed by atoms with Crippen LogP contribution in [-0.4, -0.2) is 87.3 Å². The minimum absolute atomic E-state index is 0.00262. The fourth-order valence-electron chi connectivity index (χ4n) is 15.1. The Kier molecular flexibility index (Phi) is 38.8. The van der Waals surface area contributed by atoms with Crippen molar-refractivity contribution >= 4 is 190 Å². The van der Waals surface area contributed by atoms with Crippen LogP contribution in [-0.2, 0) is 64.1 Å². The lowest BCUT2D eigenvalue weighted by Crippen LogP contribution is -2.07. The van der Waals surface area contributed by atoms with Crippen LogP contribution < -0.4 is 27.7 Å². The van der Waals surface area contributed by atoms with Crippen LogP contribution in [0.1, 0.15) is 306 Å². The Morgan fingerprint density at radius 2 is 0.580 bits per heavy atom. The van der Waals surface area contributed by atoms with Crippen molar-refractivity contribution in [3.05, 3.63) is 197 Å². The number of nitrogens with two attached hydrogens (primary N) is 4. The first kappa shape index (κ1) is 104. The first-order chi connectivity index (χ1) is 62.5. The van der Waals surface area contributed by atoms with Gasteiger partial charge in [-0.15, -0.1) is 0 Å². The predicted octanol–water partition coefficient (Wildman–Crippen LogP) is 24.9. The molecule has 12 aromatic rings. The largest absolute Gasteiger partial charge is 0.508 e. The van der Waals surface area contributed by atoms with E-state index in [0.717, 1.165) is 116 Å². The summed E-state index contributed by atoms with van der Waals surface area (Å²) in [6.07, 6.45) is 21.4. The van der Waals surface area contributed by atoms with Crippen LogP contribution in [0.2, 0.25) is 0 Å². The van der Waals surface area contributed by atoms with E-state index in [2.05, 4.69) is 52.6 Å². The fraction of sp³-hybridized carbons (Fsp3) is 0.373. The lowest BCUT2D eigenvalue weighted by atomic mass is 9.95. The highest BCUT2D eigenvalue weighted by molar-refractivity contribution is 14.1. The molecule has 0 spiro atoms. The molecule has 25 nitrogen and oxygen atoms in total. The molecule has 698 valence electrons. The second-order valence-electron chi connectivity index (χ2n) is 32.8. The molecule has 0 bridgehead atoms. The van der Waals surface area contributed by atoms with Crippen molar-refractivity contribution in [1.82, 2.24) is 0 Å². The van der Waals surface area contributed by atoms with Crippen LogP contribution in [0.3, 0.4) is 0 Å². The van der Waals surface area contributed by atoms with Gasteiger partial charge in [0.05, 0.1) is 61.1 Å². The molecule has 16 N–H and O–H groups in total. The smallest absolute Gasteiger partial charge is 0.311 e. The Balaban J connectivity index is 0.000000197. The number of rotatable bonds is 42. The van der Waals surface area contributed by atoms with Crippen molar-refractivity contribution in [2.24, 2.45) is 0 Å². The molecule has 0 atom stereocenters. The molecule has 8 aromatic carbocycles. The van der Waals surface area contributed by atoms with Crippen molar-refractivity contribution in [2.75, 3.05) is 22.9 Å². The molecule has 0 aliphatic rings. The number of Topliss-reactive ketones (excluding diaryl/α,β-unsaturated/α-hetero) is 3. The van der Waals surface area contributed by atoms with Crippen LogP contribution in [0.4, 0.5) is 22.7 Å². The zero-order valence-corrected chi connectivity index (χ0v) is 82.6. The third-order valence-electron chi connectivity index (χ3n) is 22.4. The fourth-order valence-corrected chi connectivity index (χ4v) is 18.1. The summed E-state index contributed by atoms with van der Waals surface area (Å²) in [5.41, 5.74) is 29.1. The van der Waals surface area contributed by atoms with Crippen LogP contribution in [0.5, 0.6) is 51.7 Å². The lowest BCUT2D eigenvalue weighted by molar-refractivity contribution is -0.134. The Labute approximate surface area is 805 Å². The molecule has 0 fully saturated rings. The minimum Gasteiger partial charge on any atom is -0.508 e. The molecule has 0 radical (unpaired) electrons. The normalized spacial score (nSPS) is 11.2. The zero-order valence-electron chi connectivity index (χ0n) is 75.2. The number of ether oxygens (including phenoxy) is 1. The lowest BCUT2D eigenvalue weighted by Gasteiger charge is -2.08. The molecule has 0 amide bonds. The minimum atomic E-state index is -0.453. The molecule has 0 aliphatic heterocycles. The maximum atomic E-state index is 13.6. The van der Waals surface area contributed by atoms with Crippen molar-refractivity contribution in [1.29, 1.82) is 0 Å². The van der Waals surface area contributed by atoms with E-state index in [4.69, 9.17) is 45.3 Å². The third kappa shape index (κ3) is 26.5. The van der Waals surface area contributed by atoms with Crippen molar-refractivity contribution in [3.8, 4) is 51.7 Å². The van der Waals surface area contributed by atoms with Gasteiger partial charge in [0.2, 0.25) is 0 Å². The predicted molar refractivity (Wildman–Crippen MR) is 534 cm³/mol. The molecule has 29 heteroatoms. The third-order valence-corrected chi connectivity index (χ3v) is 25.2. The molecular formula is C102H116Br2I2N4O21. The number of hydrogen-bond donors (Lipinski definition) is 12. The maximum Gasteiger partial charge on any atom is 0.311 e. The highest BCUT2D eigenvalue weighted by Gasteiger charge is 2.32. The van der Waals surface area contributed by atoms with Gasteiger partial charge in [0.25, 0.3) is 0 Å². The highest BCUT2D eigenvalue weighted by atomic mass is 127. The number of nitrogen functional groups attached to an aromatic ring is 4. The number of furan rings is 4. The van der Waals surface area contributed by atoms with Gasteiger partial charge in [-0.2, -0.15) is 0 Å². The molecule has 0 saturated heterocycles. The highest BCUT2D eigenvalue weighted by Crippen LogP contribution is 2.44. The van der Waals surface area contributed by atoms with E-state index in [0.29, 0.717) is 179 Å². The van der Waals surface area contributed by atoms with Crippen LogP contribution in [0.25, 0.3) is 43.9 Å². The second kappa shape index (κ2) is 49.0. The summed E-state index contributed by atoms with van der Waals surface area (Å²) in [4.78, 5) is 103. The number of benzene rings is 8. The Bertz CT molecular complexity index is 5660. The van der Waals surface area contributed by atoms with Crippen LogP contribution in [0.15, 0.2) is 124 Å².